The van der Waals surface area contributed by atoms with E-state index in [1.807, 2.05) is 44.6 Å². The van der Waals surface area contributed by atoms with Crippen LogP contribution in [-0.4, -0.2) is 100 Å². The van der Waals surface area contributed by atoms with Gasteiger partial charge in [-0.25, -0.2) is 15.0 Å². The highest BCUT2D eigenvalue weighted by Gasteiger charge is 2.48. The first-order valence-electron chi connectivity index (χ1n) is 22.0. The zero-order valence-corrected chi connectivity index (χ0v) is 35.2. The number of pyridine rings is 1. The molecule has 3 saturated heterocycles. The first kappa shape index (κ1) is 40.0. The Morgan fingerprint density at radius 1 is 0.846 bits per heavy atom. The van der Waals surface area contributed by atoms with Crippen molar-refractivity contribution in [3.63, 3.8) is 0 Å². The molecular formula is C47H44N12O6. The Hall–Kier alpha value is -7.76. The Morgan fingerprint density at radius 2 is 1.65 bits per heavy atom. The Bertz CT molecular complexity index is 2950. The molecule has 65 heavy (non-hydrogen) atoms. The number of imide groups is 2. The summed E-state index contributed by atoms with van der Waals surface area (Å²) < 4.78 is 3.85. The molecule has 4 N–H and O–H groups in total. The smallest absolute Gasteiger partial charge is 0.262 e. The van der Waals surface area contributed by atoms with Crippen molar-refractivity contribution in [2.45, 2.75) is 69.5 Å². The number of imidazole rings is 1. The predicted octanol–water partition coefficient (Wildman–Crippen LogP) is 4.82. The molecule has 1 spiro atoms. The van der Waals surface area contributed by atoms with Crippen molar-refractivity contribution < 1.29 is 28.8 Å². The van der Waals surface area contributed by atoms with Gasteiger partial charge in [0.05, 0.1) is 35.0 Å². The molecule has 4 aliphatic heterocycles. The SMILES string of the molecule is Nc1nccn2c([C@@H]3CCCN3C(=O)c3cnn(C4CC5(CCN(c6ccc7c(c6)C(=O)N(C6CCC(=O)NC6=O)C7=O)CC5)C4)c3)nc(-c3ccc(C(=O)Nc4ccccn4)cc3)c12. The lowest BCUT2D eigenvalue weighted by Crippen LogP contribution is -2.54. The molecule has 6 amide bonds. The monoisotopic (exact) mass is 872 g/mol. The normalized spacial score (nSPS) is 20.6. The van der Waals surface area contributed by atoms with Crippen LogP contribution in [0, 0.1) is 5.41 Å². The summed E-state index contributed by atoms with van der Waals surface area (Å²) in [6, 6.07) is 16.5. The van der Waals surface area contributed by atoms with Crippen molar-refractivity contribution in [2.75, 3.05) is 35.6 Å². The number of nitrogens with zero attached hydrogens (tertiary/aromatic N) is 9. The van der Waals surface area contributed by atoms with Gasteiger partial charge in [-0.1, -0.05) is 18.2 Å². The molecule has 4 aromatic heterocycles. The zero-order chi connectivity index (χ0) is 44.6. The van der Waals surface area contributed by atoms with Gasteiger partial charge in [0.1, 0.15) is 34.7 Å². The fourth-order valence-electron chi connectivity index (χ4n) is 10.5. The van der Waals surface area contributed by atoms with Crippen LogP contribution >= 0.6 is 0 Å². The molecule has 2 aromatic carbocycles. The summed E-state index contributed by atoms with van der Waals surface area (Å²) in [5.74, 6) is -1.01. The van der Waals surface area contributed by atoms with Crippen molar-refractivity contribution in [3.05, 3.63) is 120 Å². The minimum Gasteiger partial charge on any atom is -0.382 e. The molecule has 1 saturated carbocycles. The van der Waals surface area contributed by atoms with Gasteiger partial charge in [0, 0.05) is 67.7 Å². The molecule has 1 aliphatic carbocycles. The van der Waals surface area contributed by atoms with Crippen molar-refractivity contribution >= 4 is 58.3 Å². The third kappa shape index (κ3) is 6.87. The predicted molar refractivity (Wildman–Crippen MR) is 236 cm³/mol. The van der Waals surface area contributed by atoms with Gasteiger partial charge in [-0.3, -0.25) is 48.1 Å². The van der Waals surface area contributed by atoms with Gasteiger partial charge in [-0.15, -0.1) is 0 Å². The molecule has 1 unspecified atom stereocenters. The molecule has 8 heterocycles. The first-order valence-corrected chi connectivity index (χ1v) is 22.0. The summed E-state index contributed by atoms with van der Waals surface area (Å²) in [6.45, 7) is 2.13. The number of likely N-dealkylation sites (tertiary alicyclic amines) is 1. The van der Waals surface area contributed by atoms with Gasteiger partial charge in [-0.05, 0) is 92.8 Å². The third-order valence-corrected chi connectivity index (χ3v) is 13.9. The van der Waals surface area contributed by atoms with Gasteiger partial charge in [-0.2, -0.15) is 5.10 Å². The molecule has 6 aromatic rings. The summed E-state index contributed by atoms with van der Waals surface area (Å²) in [5.41, 5.74) is 11.0. The van der Waals surface area contributed by atoms with E-state index in [-0.39, 0.29) is 53.3 Å². The maximum Gasteiger partial charge on any atom is 0.262 e. The number of hydrogen-bond acceptors (Lipinski definition) is 12. The molecule has 18 heteroatoms. The number of nitrogens with two attached hydrogens (primary N) is 1. The van der Waals surface area contributed by atoms with Crippen LogP contribution in [0.1, 0.15) is 111 Å². The van der Waals surface area contributed by atoms with E-state index in [0.717, 1.165) is 67.8 Å². The molecular weight excluding hydrogens is 829 g/mol. The number of aromatic nitrogens is 6. The van der Waals surface area contributed by atoms with Crippen LogP contribution < -0.4 is 21.3 Å². The highest BCUT2D eigenvalue weighted by Crippen LogP contribution is 2.55. The number of carbonyl (C=O) groups is 6. The topological polar surface area (TPSA) is 223 Å². The number of amides is 6. The summed E-state index contributed by atoms with van der Waals surface area (Å²) in [5, 5.41) is 9.73. The van der Waals surface area contributed by atoms with Crippen LogP contribution in [0.2, 0.25) is 0 Å². The maximum absolute atomic E-state index is 14.3. The molecule has 18 nitrogen and oxygen atoms in total. The van der Waals surface area contributed by atoms with E-state index in [0.29, 0.717) is 46.3 Å². The lowest BCUT2D eigenvalue weighted by Gasteiger charge is -2.52. The largest absolute Gasteiger partial charge is 0.382 e. The second kappa shape index (κ2) is 15.5. The lowest BCUT2D eigenvalue weighted by atomic mass is 9.60. The molecule has 5 aliphatic rings. The Labute approximate surface area is 371 Å². The minimum absolute atomic E-state index is 0.0725. The number of carbonyl (C=O) groups excluding carboxylic acids is 6. The van der Waals surface area contributed by atoms with E-state index in [2.05, 4.69) is 30.6 Å². The molecule has 2 atom stereocenters. The van der Waals surface area contributed by atoms with Crippen LogP contribution in [0.25, 0.3) is 16.8 Å². The summed E-state index contributed by atoms with van der Waals surface area (Å²) in [7, 11) is 0. The van der Waals surface area contributed by atoms with Gasteiger partial charge < -0.3 is 20.9 Å². The average Bonchev–Trinajstić information content (AvgIpc) is 4.12. The number of rotatable bonds is 8. The zero-order valence-electron chi connectivity index (χ0n) is 35.2. The number of piperidine rings is 2. The second-order valence-corrected chi connectivity index (χ2v) is 17.7. The fourth-order valence-corrected chi connectivity index (χ4v) is 10.5. The highest BCUT2D eigenvalue weighted by atomic mass is 16.2. The van der Waals surface area contributed by atoms with E-state index in [1.54, 1.807) is 61.1 Å². The van der Waals surface area contributed by atoms with Gasteiger partial charge in [0.15, 0.2) is 0 Å². The first-order chi connectivity index (χ1) is 31.5. The lowest BCUT2D eigenvalue weighted by molar-refractivity contribution is -0.136. The molecule has 0 radical (unpaired) electrons. The highest BCUT2D eigenvalue weighted by molar-refractivity contribution is 6.23. The maximum atomic E-state index is 14.3. The van der Waals surface area contributed by atoms with E-state index in [1.165, 1.54) is 0 Å². The fraction of sp³-hybridized carbons (Fsp3) is 0.319. The number of benzene rings is 2. The molecule has 4 fully saturated rings. The van der Waals surface area contributed by atoms with Crippen molar-refractivity contribution in [1.29, 1.82) is 0 Å². The van der Waals surface area contributed by atoms with Gasteiger partial charge >= 0.3 is 0 Å². The summed E-state index contributed by atoms with van der Waals surface area (Å²) in [4.78, 5) is 96.8. The van der Waals surface area contributed by atoms with Crippen LogP contribution in [-0.2, 0) is 9.59 Å². The second-order valence-electron chi connectivity index (χ2n) is 17.7. The number of fused-ring (bicyclic) bond motifs is 2. The molecule has 11 rings (SSSR count). The Morgan fingerprint density at radius 3 is 2.42 bits per heavy atom. The van der Waals surface area contributed by atoms with Crippen molar-refractivity contribution in [3.8, 4) is 11.3 Å². The number of nitrogen functional groups attached to an aromatic ring is 1. The van der Waals surface area contributed by atoms with Crippen LogP contribution in [0.3, 0.4) is 0 Å². The third-order valence-electron chi connectivity index (χ3n) is 13.9. The van der Waals surface area contributed by atoms with Gasteiger partial charge in [0.25, 0.3) is 23.6 Å². The number of hydrogen-bond donors (Lipinski definition) is 3. The number of nitrogens with one attached hydrogen (secondary N) is 2. The molecule has 0 bridgehead atoms. The Balaban J connectivity index is 0.740. The minimum atomic E-state index is -1.000. The quantitative estimate of drug-likeness (QED) is 0.175. The van der Waals surface area contributed by atoms with E-state index in [9.17, 15) is 28.8 Å². The Kier molecular flexibility index (Phi) is 9.55. The summed E-state index contributed by atoms with van der Waals surface area (Å²) >= 11 is 0. The van der Waals surface area contributed by atoms with Gasteiger partial charge in [0.2, 0.25) is 11.8 Å². The van der Waals surface area contributed by atoms with Crippen LogP contribution in [0.4, 0.5) is 17.3 Å². The van der Waals surface area contributed by atoms with Crippen molar-refractivity contribution in [2.24, 2.45) is 5.41 Å². The standard InChI is InChI=1S/C47H44N12O6/c48-40-39-38(27-6-8-28(9-7-27)42(61)52-36-5-1-2-16-49-36)54-41(57(39)21-17-50-40)34-4-3-18-56(34)44(63)29-25-51-58(26-29)31-23-47(24-31)14-19-55(20-15-47)30-10-11-32-33(22-30)46(65)59(45(32)64)35-12-13-37(60)53-43(35)62/h1-2,5-11,16-17,21-22,25-26,31,34-35H,3-4,12-15,18-20,23-24H2,(H2,48,50)(H,49,52,61)(H,53,60,62)/t34-,35?/m0/s1. The van der Waals surface area contributed by atoms with Crippen molar-refractivity contribution in [1.82, 2.24) is 44.2 Å². The van der Waals surface area contributed by atoms with Crippen LogP contribution in [0.15, 0.2) is 91.6 Å². The number of anilines is 3. The van der Waals surface area contributed by atoms with E-state index in [4.69, 9.17) is 10.7 Å². The van der Waals surface area contributed by atoms with Crippen LogP contribution in [0.5, 0.6) is 0 Å². The molecule has 328 valence electrons. The van der Waals surface area contributed by atoms with E-state index < -0.39 is 29.7 Å². The summed E-state index contributed by atoms with van der Waals surface area (Å²) in [6.07, 6.45) is 14.1. The van der Waals surface area contributed by atoms with E-state index >= 15 is 0 Å². The average molecular weight is 873 g/mol.